The molecule has 1 rings (SSSR count). The molecule has 1 aromatic heterocycles. The first-order chi connectivity index (χ1) is 8.02. The topological polar surface area (TPSA) is 104 Å². The summed E-state index contributed by atoms with van der Waals surface area (Å²) in [6.07, 6.45) is 0. The molecule has 0 fully saturated rings. The van der Waals surface area contributed by atoms with E-state index in [-0.39, 0.29) is 25.7 Å². The van der Waals surface area contributed by atoms with Crippen LogP contribution in [0.2, 0.25) is 0 Å². The van der Waals surface area contributed by atoms with Gasteiger partial charge in [-0.1, -0.05) is 0 Å². The van der Waals surface area contributed by atoms with Crippen molar-refractivity contribution in [1.82, 2.24) is 15.5 Å². The van der Waals surface area contributed by atoms with Crippen molar-refractivity contribution in [3.8, 4) is 0 Å². The van der Waals surface area contributed by atoms with Crippen LogP contribution in [0.4, 0.5) is 0 Å². The normalized spacial score (nSPS) is 10.2. The summed E-state index contributed by atoms with van der Waals surface area (Å²) in [5, 5.41) is 17.6. The van der Waals surface area contributed by atoms with Gasteiger partial charge in [-0.15, -0.1) is 0 Å². The number of hydrogen-bond acceptors (Lipinski definition) is 4. The van der Waals surface area contributed by atoms with Crippen molar-refractivity contribution in [2.24, 2.45) is 0 Å². The molecule has 0 aliphatic heterocycles. The van der Waals surface area contributed by atoms with Gasteiger partial charge in [-0.25, -0.2) is 4.79 Å². The number of carboxylic acids is 1. The van der Waals surface area contributed by atoms with E-state index in [9.17, 15) is 9.59 Å². The lowest BCUT2D eigenvalue weighted by Gasteiger charge is -2.05. The molecule has 7 heteroatoms. The number of nitrogens with one attached hydrogen (secondary N) is 2. The van der Waals surface area contributed by atoms with Crippen molar-refractivity contribution < 1.29 is 19.4 Å². The summed E-state index contributed by atoms with van der Waals surface area (Å²) in [6.45, 7) is 3.55. The number of carbonyl (C=O) groups excluding carboxylic acids is 1. The van der Waals surface area contributed by atoms with Crippen LogP contribution in [0.3, 0.4) is 0 Å². The standard InChI is InChI=1S/C10H15N3O4/c1-6-9(7(2)13-12-6)10(16)11-3-4-17-5-8(14)15/h3-5H2,1-2H3,(H,11,16)(H,12,13)(H,14,15). The fourth-order valence-corrected chi connectivity index (χ4v) is 1.37. The van der Waals surface area contributed by atoms with Gasteiger partial charge in [0.15, 0.2) is 0 Å². The van der Waals surface area contributed by atoms with Crippen LogP contribution in [-0.2, 0) is 9.53 Å². The third-order valence-corrected chi connectivity index (χ3v) is 2.11. The SMILES string of the molecule is Cc1n[nH]c(C)c1C(=O)NCCOCC(=O)O. The molecule has 0 saturated heterocycles. The number of aryl methyl sites for hydroxylation is 2. The molecule has 3 N–H and O–H groups in total. The minimum atomic E-state index is -1.03. The predicted molar refractivity (Wildman–Crippen MR) is 58.8 cm³/mol. The number of aliphatic carboxylic acids is 1. The molecule has 0 spiro atoms. The molecule has 1 heterocycles. The van der Waals surface area contributed by atoms with E-state index in [0.29, 0.717) is 17.0 Å². The molecule has 7 nitrogen and oxygen atoms in total. The highest BCUT2D eigenvalue weighted by Crippen LogP contribution is 2.08. The van der Waals surface area contributed by atoms with Crippen molar-refractivity contribution in [3.63, 3.8) is 0 Å². The van der Waals surface area contributed by atoms with Gasteiger partial charge in [0.1, 0.15) is 6.61 Å². The van der Waals surface area contributed by atoms with E-state index < -0.39 is 5.97 Å². The first kappa shape index (κ1) is 13.2. The average Bonchev–Trinajstić information content (AvgIpc) is 2.57. The van der Waals surface area contributed by atoms with Crippen LogP contribution in [0.5, 0.6) is 0 Å². The Balaban J connectivity index is 2.33. The Morgan fingerprint density at radius 2 is 2.18 bits per heavy atom. The maximum Gasteiger partial charge on any atom is 0.329 e. The molecular formula is C10H15N3O4. The van der Waals surface area contributed by atoms with Crippen LogP contribution in [-0.4, -0.2) is 46.9 Å². The quantitative estimate of drug-likeness (QED) is 0.601. The van der Waals surface area contributed by atoms with E-state index in [1.165, 1.54) is 0 Å². The molecule has 0 aliphatic carbocycles. The molecule has 0 radical (unpaired) electrons. The summed E-state index contributed by atoms with van der Waals surface area (Å²) in [7, 11) is 0. The number of H-pyrrole nitrogens is 1. The maximum absolute atomic E-state index is 11.7. The Morgan fingerprint density at radius 3 is 2.71 bits per heavy atom. The first-order valence-corrected chi connectivity index (χ1v) is 5.11. The minimum Gasteiger partial charge on any atom is -0.480 e. The summed E-state index contributed by atoms with van der Waals surface area (Å²) in [6, 6.07) is 0. The van der Waals surface area contributed by atoms with Crippen LogP contribution >= 0.6 is 0 Å². The fourth-order valence-electron chi connectivity index (χ4n) is 1.37. The van der Waals surface area contributed by atoms with Crippen LogP contribution in [0.1, 0.15) is 21.7 Å². The van der Waals surface area contributed by atoms with Crippen molar-refractivity contribution in [2.45, 2.75) is 13.8 Å². The number of carboxylic acid groups (broad SMARTS) is 1. The van der Waals surface area contributed by atoms with Crippen LogP contribution < -0.4 is 5.32 Å². The first-order valence-electron chi connectivity index (χ1n) is 5.11. The molecule has 0 aromatic carbocycles. The third kappa shape index (κ3) is 3.87. The predicted octanol–water partition coefficient (Wildman–Crippen LogP) is -0.142. The Bertz CT molecular complexity index is 394. The van der Waals surface area contributed by atoms with Crippen LogP contribution in [0, 0.1) is 13.8 Å². The summed E-state index contributed by atoms with van der Waals surface area (Å²) >= 11 is 0. The number of hydrogen-bond donors (Lipinski definition) is 3. The second-order valence-electron chi connectivity index (χ2n) is 3.51. The molecule has 17 heavy (non-hydrogen) atoms. The van der Waals surface area contributed by atoms with Gasteiger partial charge in [0, 0.05) is 12.2 Å². The summed E-state index contributed by atoms with van der Waals surface area (Å²) in [5.41, 5.74) is 1.85. The van der Waals surface area contributed by atoms with Crippen molar-refractivity contribution >= 4 is 11.9 Å². The van der Waals surface area contributed by atoms with Gasteiger partial charge in [0.05, 0.1) is 17.9 Å². The fraction of sp³-hybridized carbons (Fsp3) is 0.500. The van der Waals surface area contributed by atoms with Crippen LogP contribution in [0.25, 0.3) is 0 Å². The Morgan fingerprint density at radius 1 is 1.47 bits per heavy atom. The second-order valence-corrected chi connectivity index (χ2v) is 3.51. The zero-order chi connectivity index (χ0) is 12.8. The molecular weight excluding hydrogens is 226 g/mol. The van der Waals surface area contributed by atoms with Gasteiger partial charge in [0.25, 0.3) is 5.91 Å². The lowest BCUT2D eigenvalue weighted by molar-refractivity contribution is -0.142. The Labute approximate surface area is 98.2 Å². The van der Waals surface area contributed by atoms with E-state index in [4.69, 9.17) is 9.84 Å². The number of aromatic amines is 1. The third-order valence-electron chi connectivity index (χ3n) is 2.11. The highest BCUT2D eigenvalue weighted by molar-refractivity contribution is 5.96. The molecule has 0 aliphatic rings. The van der Waals surface area contributed by atoms with Gasteiger partial charge in [-0.3, -0.25) is 9.89 Å². The molecule has 0 bridgehead atoms. The van der Waals surface area contributed by atoms with Crippen molar-refractivity contribution in [1.29, 1.82) is 0 Å². The van der Waals surface area contributed by atoms with E-state index >= 15 is 0 Å². The highest BCUT2D eigenvalue weighted by Gasteiger charge is 2.14. The van der Waals surface area contributed by atoms with Gasteiger partial charge in [-0.2, -0.15) is 5.10 Å². The monoisotopic (exact) mass is 241 g/mol. The lowest BCUT2D eigenvalue weighted by Crippen LogP contribution is -2.28. The number of ether oxygens (including phenoxy) is 1. The molecule has 0 atom stereocenters. The zero-order valence-corrected chi connectivity index (χ0v) is 9.74. The molecule has 1 amide bonds. The Hall–Kier alpha value is -1.89. The van der Waals surface area contributed by atoms with E-state index in [1.54, 1.807) is 13.8 Å². The smallest absolute Gasteiger partial charge is 0.329 e. The highest BCUT2D eigenvalue weighted by atomic mass is 16.5. The largest absolute Gasteiger partial charge is 0.480 e. The number of aromatic nitrogens is 2. The van der Waals surface area contributed by atoms with Gasteiger partial charge < -0.3 is 15.2 Å². The van der Waals surface area contributed by atoms with E-state index in [1.807, 2.05) is 0 Å². The maximum atomic E-state index is 11.7. The molecule has 0 unspecified atom stereocenters. The van der Waals surface area contributed by atoms with E-state index in [2.05, 4.69) is 15.5 Å². The van der Waals surface area contributed by atoms with E-state index in [0.717, 1.165) is 0 Å². The van der Waals surface area contributed by atoms with Gasteiger partial charge in [-0.05, 0) is 13.8 Å². The zero-order valence-electron chi connectivity index (χ0n) is 9.74. The van der Waals surface area contributed by atoms with Gasteiger partial charge in [0.2, 0.25) is 0 Å². The van der Waals surface area contributed by atoms with Crippen molar-refractivity contribution in [2.75, 3.05) is 19.8 Å². The molecule has 94 valence electrons. The Kier molecular flexibility index (Phi) is 4.65. The summed E-state index contributed by atoms with van der Waals surface area (Å²) in [5.74, 6) is -1.27. The average molecular weight is 241 g/mol. The summed E-state index contributed by atoms with van der Waals surface area (Å²) < 4.78 is 4.79. The van der Waals surface area contributed by atoms with Crippen molar-refractivity contribution in [3.05, 3.63) is 17.0 Å². The number of carbonyl (C=O) groups is 2. The minimum absolute atomic E-state index is 0.161. The van der Waals surface area contributed by atoms with Gasteiger partial charge >= 0.3 is 5.97 Å². The number of nitrogens with zero attached hydrogens (tertiary/aromatic N) is 1. The number of amides is 1. The summed E-state index contributed by atoms with van der Waals surface area (Å²) in [4.78, 5) is 21.8. The second kappa shape index (κ2) is 6.00. The lowest BCUT2D eigenvalue weighted by atomic mass is 10.2. The molecule has 1 aromatic rings. The van der Waals surface area contributed by atoms with Crippen LogP contribution in [0.15, 0.2) is 0 Å². The molecule has 0 saturated carbocycles. The number of rotatable bonds is 6.